The van der Waals surface area contributed by atoms with Crippen LogP contribution in [0.15, 0.2) is 0 Å². The molecule has 0 aromatic heterocycles. The van der Waals surface area contributed by atoms with Crippen molar-refractivity contribution in [1.82, 2.24) is 0 Å². The molecule has 0 rings (SSSR count). The fourth-order valence-electron chi connectivity index (χ4n) is 1.12. The number of halogens is 3. The zero-order valence-corrected chi connectivity index (χ0v) is 13.0. The van der Waals surface area contributed by atoms with Gasteiger partial charge in [-0.25, -0.2) is 0 Å². The summed E-state index contributed by atoms with van der Waals surface area (Å²) in [5, 5.41) is 0. The largest absolute Gasteiger partial charge is 0.269 e. The van der Waals surface area contributed by atoms with E-state index in [4.69, 9.17) is 17.8 Å². The van der Waals surface area contributed by atoms with Crippen molar-refractivity contribution in [2.45, 2.75) is 48.4 Å². The van der Waals surface area contributed by atoms with E-state index in [1.165, 1.54) is 0 Å². The van der Waals surface area contributed by atoms with Crippen molar-refractivity contribution >= 4 is 34.0 Å². The van der Waals surface area contributed by atoms with E-state index in [1.807, 2.05) is 0 Å². The maximum Gasteiger partial charge on any atom is -0.269 e. The molecule has 0 saturated heterocycles. The Labute approximate surface area is 86.7 Å². The zero-order valence-electron chi connectivity index (χ0n) is 8.66. The summed E-state index contributed by atoms with van der Waals surface area (Å²) in [5.41, 5.74) is 0. The Morgan fingerprint density at radius 1 is 0.750 bits per heavy atom. The minimum absolute atomic E-state index is 0. The first-order valence-corrected chi connectivity index (χ1v) is 14.0. The molecule has 0 fully saturated rings. The maximum atomic E-state index is 6.46. The molecule has 0 aromatic rings. The van der Waals surface area contributed by atoms with Gasteiger partial charge in [0.05, 0.1) is 0 Å². The summed E-state index contributed by atoms with van der Waals surface area (Å²) < 4.78 is 0.242. The third-order valence-electron chi connectivity index (χ3n) is 1.88. The molecule has 0 aliphatic carbocycles. The van der Waals surface area contributed by atoms with E-state index < -0.39 is 16.1 Å². The fourth-order valence-corrected chi connectivity index (χ4v) is 7.55. The SMILES string of the molecule is C[C](C)(C)[Sn]([Cl])([Cl])[C](C)(C)C.F. The van der Waals surface area contributed by atoms with Gasteiger partial charge in [0.15, 0.2) is 0 Å². The molecule has 0 aliphatic rings. The van der Waals surface area contributed by atoms with Gasteiger partial charge in [-0.1, -0.05) is 0 Å². The van der Waals surface area contributed by atoms with Crippen LogP contribution in [0.5, 0.6) is 0 Å². The van der Waals surface area contributed by atoms with Crippen molar-refractivity contribution in [3.63, 3.8) is 0 Å². The second-order valence-electron chi connectivity index (χ2n) is 5.07. The smallest absolute Gasteiger partial charge is 0.269 e. The van der Waals surface area contributed by atoms with Crippen LogP contribution >= 0.6 is 17.8 Å². The van der Waals surface area contributed by atoms with Gasteiger partial charge in [-0.3, -0.25) is 4.70 Å². The third-order valence-corrected chi connectivity index (χ3v) is 27.9. The molecule has 12 heavy (non-hydrogen) atoms. The molecule has 0 unspecified atom stereocenters. The second-order valence-corrected chi connectivity index (χ2v) is 25.8. The predicted molar refractivity (Wildman–Crippen MR) is 59.4 cm³/mol. The van der Waals surface area contributed by atoms with Crippen LogP contribution in [0.4, 0.5) is 4.70 Å². The minimum atomic E-state index is -2.92. The Morgan fingerprint density at radius 2 is 0.917 bits per heavy atom. The third kappa shape index (κ3) is 3.22. The van der Waals surface area contributed by atoms with Crippen molar-refractivity contribution in [3.8, 4) is 0 Å². The molecular weight excluding hydrogens is 305 g/mol. The second kappa shape index (κ2) is 4.22. The van der Waals surface area contributed by atoms with Gasteiger partial charge in [-0.15, -0.1) is 0 Å². The molecular formula is C8H19Cl2FSn. The zero-order chi connectivity index (χ0) is 9.50. The van der Waals surface area contributed by atoms with Crippen LogP contribution in [0.3, 0.4) is 0 Å². The average molecular weight is 324 g/mol. The van der Waals surface area contributed by atoms with Crippen LogP contribution in [-0.2, 0) is 0 Å². The van der Waals surface area contributed by atoms with E-state index >= 15 is 0 Å². The number of hydrogen-bond acceptors (Lipinski definition) is 0. The van der Waals surface area contributed by atoms with Gasteiger partial charge < -0.3 is 0 Å². The summed E-state index contributed by atoms with van der Waals surface area (Å²) in [6.07, 6.45) is 0. The van der Waals surface area contributed by atoms with Crippen LogP contribution in [0.2, 0.25) is 6.86 Å². The van der Waals surface area contributed by atoms with E-state index in [0.29, 0.717) is 0 Å². The van der Waals surface area contributed by atoms with Gasteiger partial charge in [-0.05, 0) is 0 Å². The Bertz CT molecular complexity index is 128. The van der Waals surface area contributed by atoms with Gasteiger partial charge in [0.2, 0.25) is 0 Å². The summed E-state index contributed by atoms with van der Waals surface area (Å²) in [6.45, 7) is 12.9. The van der Waals surface area contributed by atoms with E-state index in [2.05, 4.69) is 41.5 Å². The van der Waals surface area contributed by atoms with E-state index in [-0.39, 0.29) is 11.6 Å². The summed E-state index contributed by atoms with van der Waals surface area (Å²) in [7, 11) is 12.9. The van der Waals surface area contributed by atoms with Crippen LogP contribution in [0.25, 0.3) is 0 Å². The molecule has 0 amide bonds. The Morgan fingerprint density at radius 3 is 0.917 bits per heavy atom. The van der Waals surface area contributed by atoms with Gasteiger partial charge in [0.1, 0.15) is 0 Å². The molecule has 0 heterocycles. The predicted octanol–water partition coefficient (Wildman–Crippen LogP) is 4.66. The summed E-state index contributed by atoms with van der Waals surface area (Å²) in [4.78, 5) is 0. The van der Waals surface area contributed by atoms with Gasteiger partial charge in [0.25, 0.3) is 0 Å². The van der Waals surface area contributed by atoms with Crippen molar-refractivity contribution in [1.29, 1.82) is 0 Å². The molecule has 0 saturated carbocycles. The summed E-state index contributed by atoms with van der Waals surface area (Å²) in [5.74, 6) is 0. The quantitative estimate of drug-likeness (QED) is 0.569. The van der Waals surface area contributed by atoms with Crippen molar-refractivity contribution in [2.24, 2.45) is 0 Å². The van der Waals surface area contributed by atoms with E-state index in [1.54, 1.807) is 0 Å². The molecule has 0 bridgehead atoms. The van der Waals surface area contributed by atoms with Crippen molar-refractivity contribution in [3.05, 3.63) is 0 Å². The first kappa shape index (κ1) is 15.8. The first-order chi connectivity index (χ1) is 4.50. The van der Waals surface area contributed by atoms with E-state index in [0.717, 1.165) is 0 Å². The number of hydrogen-bond donors (Lipinski definition) is 0. The molecule has 0 aliphatic heterocycles. The molecule has 0 radical (unpaired) electrons. The summed E-state index contributed by atoms with van der Waals surface area (Å²) >= 11 is -2.92. The van der Waals surface area contributed by atoms with Crippen LogP contribution in [0.1, 0.15) is 41.5 Å². The molecule has 0 spiro atoms. The summed E-state index contributed by atoms with van der Waals surface area (Å²) in [6, 6.07) is 0. The topological polar surface area (TPSA) is 0 Å². The Hall–Kier alpha value is 1.31. The Kier molecular flexibility index (Phi) is 5.55. The fraction of sp³-hybridized carbons (Fsp3) is 1.00. The van der Waals surface area contributed by atoms with Gasteiger partial charge in [-0.2, -0.15) is 0 Å². The van der Waals surface area contributed by atoms with Crippen LogP contribution in [0, 0.1) is 0 Å². The molecule has 0 N–H and O–H groups in total. The minimum Gasteiger partial charge on any atom is -0.269 e. The average Bonchev–Trinajstić information content (AvgIpc) is 1.58. The van der Waals surface area contributed by atoms with Crippen LogP contribution in [-0.4, -0.2) is 16.1 Å². The monoisotopic (exact) mass is 324 g/mol. The van der Waals surface area contributed by atoms with Crippen LogP contribution < -0.4 is 0 Å². The molecule has 0 aromatic carbocycles. The number of rotatable bonds is 0. The maximum absolute atomic E-state index is 6.46. The molecule has 76 valence electrons. The van der Waals surface area contributed by atoms with Crippen molar-refractivity contribution in [2.75, 3.05) is 0 Å². The van der Waals surface area contributed by atoms with Gasteiger partial charge in [0, 0.05) is 0 Å². The van der Waals surface area contributed by atoms with E-state index in [9.17, 15) is 0 Å². The van der Waals surface area contributed by atoms with Gasteiger partial charge >= 0.3 is 82.4 Å². The van der Waals surface area contributed by atoms with Crippen molar-refractivity contribution < 1.29 is 4.70 Å². The Balaban J connectivity index is 0. The normalized spacial score (nSPS) is 14.0. The molecule has 4 heteroatoms. The standard InChI is InChI=1S/2C4H9.2ClH.FH.Sn/c2*1-4(2)3;;;;/h2*1-3H3;3*1H;/q;;;;;+2/p-2. The molecule has 0 atom stereocenters. The first-order valence-electron chi connectivity index (χ1n) is 3.88. The molecule has 0 nitrogen and oxygen atoms in total.